The van der Waals surface area contributed by atoms with E-state index in [1.165, 1.54) is 13.0 Å². The average molecular weight is 453 g/mol. The Kier molecular flexibility index (Phi) is 11.5. The Morgan fingerprint density at radius 1 is 1.21 bits per heavy atom. The summed E-state index contributed by atoms with van der Waals surface area (Å²) in [6, 6.07) is 1.62. The molecule has 0 saturated carbocycles. The number of likely N-dealkylation sites (tertiary alicyclic amines) is 1. The van der Waals surface area contributed by atoms with Crippen molar-refractivity contribution in [2.45, 2.75) is 59.2 Å². The topological polar surface area (TPSA) is 42.9 Å². The molecule has 1 fully saturated rings. The van der Waals surface area contributed by atoms with Crippen LogP contribution in [0.5, 0.6) is 0 Å². The molecule has 6 heteroatoms. The minimum atomic E-state index is 0. The van der Waals surface area contributed by atoms with Gasteiger partial charge in [0.25, 0.3) is 0 Å². The standard InChI is InChI=1S/C18H39N5.HI/c1-13(2)9-16(22(7)8)10-20-18(19-6)21-17-12-23(14(3)4)11-15(17)5;/h13-17H,9-12H2,1-8H3,(H2,19,20,21);1H. The SMILES string of the molecule is CN=C(NCC(CC(C)C)N(C)C)NC1CN(C(C)C)CC1C.I. The van der Waals surface area contributed by atoms with Crippen LogP contribution in [0.3, 0.4) is 0 Å². The number of hydrogen-bond acceptors (Lipinski definition) is 3. The van der Waals surface area contributed by atoms with Gasteiger partial charge >= 0.3 is 0 Å². The van der Waals surface area contributed by atoms with Crippen molar-refractivity contribution >= 4 is 29.9 Å². The molecule has 3 atom stereocenters. The van der Waals surface area contributed by atoms with Crippen LogP contribution in [0.4, 0.5) is 0 Å². The van der Waals surface area contributed by atoms with E-state index in [1.54, 1.807) is 0 Å². The summed E-state index contributed by atoms with van der Waals surface area (Å²) in [5, 5.41) is 7.15. The first-order chi connectivity index (χ1) is 10.7. The Labute approximate surface area is 167 Å². The highest BCUT2D eigenvalue weighted by molar-refractivity contribution is 14.0. The van der Waals surface area contributed by atoms with Gasteiger partial charge in [0.1, 0.15) is 0 Å². The van der Waals surface area contributed by atoms with Crippen molar-refractivity contribution in [2.75, 3.05) is 40.8 Å². The number of nitrogens with zero attached hydrogens (tertiary/aromatic N) is 3. The van der Waals surface area contributed by atoms with Crippen LogP contribution in [-0.4, -0.2) is 74.7 Å². The summed E-state index contributed by atoms with van der Waals surface area (Å²) in [6.45, 7) is 14.6. The highest BCUT2D eigenvalue weighted by Gasteiger charge is 2.31. The first kappa shape index (κ1) is 23.9. The van der Waals surface area contributed by atoms with Crippen LogP contribution in [0, 0.1) is 11.8 Å². The van der Waals surface area contributed by atoms with Gasteiger partial charge in [0.2, 0.25) is 0 Å². The number of rotatable bonds is 7. The summed E-state index contributed by atoms with van der Waals surface area (Å²) in [6.07, 6.45) is 1.19. The maximum atomic E-state index is 4.42. The molecule has 1 saturated heterocycles. The number of nitrogens with one attached hydrogen (secondary N) is 2. The molecular weight excluding hydrogens is 413 g/mol. The fourth-order valence-corrected chi connectivity index (χ4v) is 3.22. The molecule has 1 aliphatic rings. The van der Waals surface area contributed by atoms with E-state index in [9.17, 15) is 0 Å². The van der Waals surface area contributed by atoms with Gasteiger partial charge in [-0.05, 0) is 46.2 Å². The summed E-state index contributed by atoms with van der Waals surface area (Å²) in [5.74, 6) is 2.29. The minimum absolute atomic E-state index is 0. The Morgan fingerprint density at radius 2 is 1.83 bits per heavy atom. The van der Waals surface area contributed by atoms with Crippen LogP contribution in [0.2, 0.25) is 0 Å². The van der Waals surface area contributed by atoms with Gasteiger partial charge in [-0.3, -0.25) is 9.89 Å². The number of hydrogen-bond donors (Lipinski definition) is 2. The Bertz CT molecular complexity index is 370. The number of halogens is 1. The van der Waals surface area contributed by atoms with Crippen LogP contribution in [-0.2, 0) is 0 Å². The van der Waals surface area contributed by atoms with E-state index in [-0.39, 0.29) is 24.0 Å². The number of aliphatic imine (C=N–C) groups is 1. The van der Waals surface area contributed by atoms with E-state index >= 15 is 0 Å². The maximum absolute atomic E-state index is 4.42. The summed E-state index contributed by atoms with van der Waals surface area (Å²) in [7, 11) is 6.18. The normalized spacial score (nSPS) is 23.7. The third kappa shape index (κ3) is 7.87. The lowest BCUT2D eigenvalue weighted by atomic mass is 10.0. The second kappa shape index (κ2) is 11.5. The van der Waals surface area contributed by atoms with Crippen molar-refractivity contribution in [2.24, 2.45) is 16.8 Å². The molecule has 0 amide bonds. The second-order valence-corrected chi connectivity index (χ2v) is 7.98. The van der Waals surface area contributed by atoms with Crippen molar-refractivity contribution in [1.82, 2.24) is 20.4 Å². The molecule has 5 nitrogen and oxygen atoms in total. The zero-order chi connectivity index (χ0) is 17.6. The van der Waals surface area contributed by atoms with Crippen molar-refractivity contribution in [3.8, 4) is 0 Å². The van der Waals surface area contributed by atoms with Crippen molar-refractivity contribution < 1.29 is 0 Å². The largest absolute Gasteiger partial charge is 0.355 e. The third-order valence-electron chi connectivity index (χ3n) is 4.90. The van der Waals surface area contributed by atoms with Gasteiger partial charge < -0.3 is 15.5 Å². The maximum Gasteiger partial charge on any atom is 0.191 e. The van der Waals surface area contributed by atoms with E-state index in [1.807, 2.05) is 7.05 Å². The number of guanidine groups is 1. The van der Waals surface area contributed by atoms with Gasteiger partial charge in [0, 0.05) is 44.8 Å². The molecule has 0 spiro atoms. The Balaban J connectivity index is 0.00000529. The monoisotopic (exact) mass is 453 g/mol. The van der Waals surface area contributed by atoms with Crippen molar-refractivity contribution in [3.05, 3.63) is 0 Å². The molecule has 3 unspecified atom stereocenters. The van der Waals surface area contributed by atoms with Crippen molar-refractivity contribution in [3.63, 3.8) is 0 Å². The van der Waals surface area contributed by atoms with Gasteiger partial charge in [-0.15, -0.1) is 24.0 Å². The van der Waals surface area contributed by atoms with Gasteiger partial charge in [-0.1, -0.05) is 20.8 Å². The zero-order valence-electron chi connectivity index (χ0n) is 17.0. The summed E-state index contributed by atoms with van der Waals surface area (Å²) in [4.78, 5) is 9.27. The first-order valence-electron chi connectivity index (χ1n) is 9.12. The van der Waals surface area contributed by atoms with Crippen LogP contribution in [0.15, 0.2) is 4.99 Å². The molecular formula is C18H40IN5. The molecule has 0 aromatic carbocycles. The highest BCUT2D eigenvalue weighted by atomic mass is 127. The molecule has 1 aliphatic heterocycles. The Hall–Kier alpha value is -0.0800. The molecule has 1 rings (SSSR count). The van der Waals surface area contributed by atoms with Gasteiger partial charge in [0.05, 0.1) is 0 Å². The third-order valence-corrected chi connectivity index (χ3v) is 4.90. The van der Waals surface area contributed by atoms with E-state index < -0.39 is 0 Å². The van der Waals surface area contributed by atoms with E-state index in [0.29, 0.717) is 30.0 Å². The van der Waals surface area contributed by atoms with Crippen LogP contribution in [0.1, 0.15) is 41.0 Å². The second-order valence-electron chi connectivity index (χ2n) is 7.98. The number of likely N-dealkylation sites (N-methyl/N-ethyl adjacent to an activating group) is 1. The van der Waals surface area contributed by atoms with Gasteiger partial charge in [-0.25, -0.2) is 0 Å². The summed E-state index contributed by atoms with van der Waals surface area (Å²) < 4.78 is 0. The predicted molar refractivity (Wildman–Crippen MR) is 117 cm³/mol. The molecule has 144 valence electrons. The minimum Gasteiger partial charge on any atom is -0.355 e. The predicted octanol–water partition coefficient (Wildman–Crippen LogP) is 2.47. The van der Waals surface area contributed by atoms with Crippen LogP contribution in [0.25, 0.3) is 0 Å². The van der Waals surface area contributed by atoms with Crippen LogP contribution < -0.4 is 10.6 Å². The smallest absolute Gasteiger partial charge is 0.191 e. The molecule has 1 heterocycles. The fourth-order valence-electron chi connectivity index (χ4n) is 3.22. The van der Waals surface area contributed by atoms with E-state index in [0.717, 1.165) is 19.0 Å². The average Bonchev–Trinajstić information content (AvgIpc) is 2.82. The van der Waals surface area contributed by atoms with Crippen molar-refractivity contribution in [1.29, 1.82) is 0 Å². The molecule has 2 N–H and O–H groups in total. The lowest BCUT2D eigenvalue weighted by Gasteiger charge is -2.28. The lowest BCUT2D eigenvalue weighted by molar-refractivity contribution is 0.254. The molecule has 24 heavy (non-hydrogen) atoms. The lowest BCUT2D eigenvalue weighted by Crippen LogP contribution is -2.50. The molecule has 0 aromatic rings. The first-order valence-corrected chi connectivity index (χ1v) is 9.12. The fraction of sp³-hybridized carbons (Fsp3) is 0.944. The van der Waals surface area contributed by atoms with E-state index in [4.69, 9.17) is 0 Å². The highest BCUT2D eigenvalue weighted by Crippen LogP contribution is 2.18. The molecule has 0 bridgehead atoms. The van der Waals surface area contributed by atoms with Gasteiger partial charge in [0.15, 0.2) is 5.96 Å². The quantitative estimate of drug-likeness (QED) is 0.353. The zero-order valence-corrected chi connectivity index (χ0v) is 19.3. The van der Waals surface area contributed by atoms with Crippen LogP contribution >= 0.6 is 24.0 Å². The molecule has 0 aromatic heterocycles. The molecule has 0 radical (unpaired) electrons. The summed E-state index contributed by atoms with van der Waals surface area (Å²) >= 11 is 0. The van der Waals surface area contributed by atoms with Gasteiger partial charge in [-0.2, -0.15) is 0 Å². The van der Waals surface area contributed by atoms with E-state index in [2.05, 4.69) is 74.1 Å². The molecule has 0 aliphatic carbocycles. The summed E-state index contributed by atoms with van der Waals surface area (Å²) in [5.41, 5.74) is 0. The Morgan fingerprint density at radius 3 is 2.25 bits per heavy atom.